The summed E-state index contributed by atoms with van der Waals surface area (Å²) in [4.78, 5) is 25.4. The van der Waals surface area contributed by atoms with Crippen LogP contribution in [0.5, 0.6) is 0 Å². The SMILES string of the molecule is Cc1ccc(F)cc1NC(=O)c1nn(CC(C)C)c(=O)c2ccccc12. The molecule has 0 saturated carbocycles. The molecule has 0 aliphatic carbocycles. The Balaban J connectivity index is 2.11. The number of amides is 1. The monoisotopic (exact) mass is 353 g/mol. The third kappa shape index (κ3) is 3.49. The summed E-state index contributed by atoms with van der Waals surface area (Å²) in [5, 5.41) is 7.90. The molecule has 1 N–H and O–H groups in total. The number of anilines is 1. The average molecular weight is 353 g/mol. The van der Waals surface area contributed by atoms with Gasteiger partial charge in [0.15, 0.2) is 5.69 Å². The van der Waals surface area contributed by atoms with E-state index in [1.165, 1.54) is 16.8 Å². The van der Waals surface area contributed by atoms with Gasteiger partial charge in [0.05, 0.1) is 5.39 Å². The molecule has 0 atom stereocenters. The fourth-order valence-corrected chi connectivity index (χ4v) is 2.78. The van der Waals surface area contributed by atoms with Crippen LogP contribution in [-0.4, -0.2) is 15.7 Å². The second-order valence-corrected chi connectivity index (χ2v) is 6.69. The molecule has 1 heterocycles. The topological polar surface area (TPSA) is 64.0 Å². The lowest BCUT2D eigenvalue weighted by Crippen LogP contribution is -2.29. The fraction of sp³-hybridized carbons (Fsp3) is 0.250. The third-order valence-corrected chi connectivity index (χ3v) is 4.07. The van der Waals surface area contributed by atoms with Crippen LogP contribution in [-0.2, 0) is 6.54 Å². The fourth-order valence-electron chi connectivity index (χ4n) is 2.78. The first kappa shape index (κ1) is 17.8. The molecular formula is C20H20FN3O2. The van der Waals surface area contributed by atoms with Gasteiger partial charge in [-0.1, -0.05) is 38.1 Å². The van der Waals surface area contributed by atoms with Crippen LogP contribution < -0.4 is 10.9 Å². The Morgan fingerprint density at radius 3 is 2.58 bits per heavy atom. The number of benzene rings is 2. The minimum atomic E-state index is -0.479. The van der Waals surface area contributed by atoms with Gasteiger partial charge >= 0.3 is 0 Å². The largest absolute Gasteiger partial charge is 0.320 e. The molecule has 0 aliphatic heterocycles. The number of nitrogens with one attached hydrogen (secondary N) is 1. The van der Waals surface area contributed by atoms with E-state index in [1.807, 2.05) is 13.8 Å². The van der Waals surface area contributed by atoms with Gasteiger partial charge in [-0.25, -0.2) is 9.07 Å². The molecule has 3 rings (SSSR count). The highest BCUT2D eigenvalue weighted by Gasteiger charge is 2.18. The standard InChI is InChI=1S/C20H20FN3O2/c1-12(2)11-24-20(26)16-7-5-4-6-15(16)18(23-24)19(25)22-17-10-14(21)9-8-13(17)3/h4-10,12H,11H2,1-3H3,(H,22,25). The predicted octanol–water partition coefficient (Wildman–Crippen LogP) is 3.75. The van der Waals surface area contributed by atoms with Crippen molar-refractivity contribution in [2.75, 3.05) is 5.32 Å². The van der Waals surface area contributed by atoms with E-state index in [0.717, 1.165) is 5.56 Å². The summed E-state index contributed by atoms with van der Waals surface area (Å²) in [6, 6.07) is 11.1. The number of carbonyl (C=O) groups excluding carboxylic acids is 1. The second kappa shape index (κ2) is 7.07. The van der Waals surface area contributed by atoms with Crippen LogP contribution in [0.4, 0.5) is 10.1 Å². The van der Waals surface area contributed by atoms with Crippen LogP contribution >= 0.6 is 0 Å². The first-order valence-corrected chi connectivity index (χ1v) is 8.44. The molecule has 2 aromatic carbocycles. The van der Waals surface area contributed by atoms with Crippen molar-refractivity contribution < 1.29 is 9.18 Å². The molecule has 0 radical (unpaired) electrons. The number of aryl methyl sites for hydroxylation is 1. The third-order valence-electron chi connectivity index (χ3n) is 4.07. The molecule has 0 spiro atoms. The lowest BCUT2D eigenvalue weighted by Gasteiger charge is -2.13. The number of rotatable bonds is 4. The second-order valence-electron chi connectivity index (χ2n) is 6.69. The number of hydrogen-bond acceptors (Lipinski definition) is 3. The van der Waals surface area contributed by atoms with Gasteiger partial charge in [0.2, 0.25) is 0 Å². The molecule has 0 bridgehead atoms. The van der Waals surface area contributed by atoms with Gasteiger partial charge in [-0.3, -0.25) is 9.59 Å². The van der Waals surface area contributed by atoms with Crippen LogP contribution in [0.15, 0.2) is 47.3 Å². The molecule has 6 heteroatoms. The number of halogens is 1. The Labute approximate surface area is 150 Å². The zero-order chi connectivity index (χ0) is 18.8. The summed E-state index contributed by atoms with van der Waals surface area (Å²) in [6.45, 7) is 6.13. The van der Waals surface area contributed by atoms with Gasteiger partial charge in [-0.15, -0.1) is 0 Å². The number of nitrogens with zero attached hydrogens (tertiary/aromatic N) is 2. The molecule has 0 unspecified atom stereocenters. The molecule has 134 valence electrons. The summed E-state index contributed by atoms with van der Waals surface area (Å²) in [5.41, 5.74) is 1.03. The average Bonchev–Trinajstić information content (AvgIpc) is 2.60. The molecule has 1 amide bonds. The Morgan fingerprint density at radius 1 is 1.19 bits per heavy atom. The van der Waals surface area contributed by atoms with Crippen LogP contribution in [0.25, 0.3) is 10.8 Å². The van der Waals surface area contributed by atoms with E-state index in [1.54, 1.807) is 37.3 Å². The maximum absolute atomic E-state index is 13.5. The normalized spacial score (nSPS) is 11.1. The van der Waals surface area contributed by atoms with E-state index in [4.69, 9.17) is 0 Å². The maximum Gasteiger partial charge on any atom is 0.276 e. The zero-order valence-corrected chi connectivity index (χ0v) is 14.9. The van der Waals surface area contributed by atoms with Crippen LogP contribution in [0.3, 0.4) is 0 Å². The Hall–Kier alpha value is -3.02. The molecule has 3 aromatic rings. The lowest BCUT2D eigenvalue weighted by molar-refractivity contribution is 0.102. The van der Waals surface area contributed by atoms with Crippen molar-refractivity contribution in [2.24, 2.45) is 5.92 Å². The molecule has 5 nitrogen and oxygen atoms in total. The number of aromatic nitrogens is 2. The van der Waals surface area contributed by atoms with Crippen LogP contribution in [0.2, 0.25) is 0 Å². The van der Waals surface area contributed by atoms with Crippen molar-refractivity contribution >= 4 is 22.4 Å². The van der Waals surface area contributed by atoms with Crippen molar-refractivity contribution in [1.82, 2.24) is 9.78 Å². The van der Waals surface area contributed by atoms with Crippen molar-refractivity contribution in [1.29, 1.82) is 0 Å². The number of hydrogen-bond donors (Lipinski definition) is 1. The lowest BCUT2D eigenvalue weighted by atomic mass is 10.1. The Bertz CT molecular complexity index is 1040. The molecule has 1 aromatic heterocycles. The van der Waals surface area contributed by atoms with E-state index in [2.05, 4.69) is 10.4 Å². The van der Waals surface area contributed by atoms with Gasteiger partial charge in [0, 0.05) is 17.6 Å². The number of carbonyl (C=O) groups is 1. The summed E-state index contributed by atoms with van der Waals surface area (Å²) in [5.74, 6) is -0.719. The molecule has 26 heavy (non-hydrogen) atoms. The van der Waals surface area contributed by atoms with E-state index < -0.39 is 11.7 Å². The van der Waals surface area contributed by atoms with Crippen LogP contribution in [0, 0.1) is 18.7 Å². The van der Waals surface area contributed by atoms with Crippen LogP contribution in [0.1, 0.15) is 29.9 Å². The molecular weight excluding hydrogens is 333 g/mol. The Kier molecular flexibility index (Phi) is 4.84. The first-order valence-electron chi connectivity index (χ1n) is 8.44. The molecule has 0 saturated heterocycles. The highest BCUT2D eigenvalue weighted by molar-refractivity contribution is 6.11. The molecule has 0 fully saturated rings. The van der Waals surface area contributed by atoms with E-state index in [9.17, 15) is 14.0 Å². The first-order chi connectivity index (χ1) is 12.4. The van der Waals surface area contributed by atoms with Crippen molar-refractivity contribution in [3.8, 4) is 0 Å². The van der Waals surface area contributed by atoms with Gasteiger partial charge < -0.3 is 5.32 Å². The predicted molar refractivity (Wildman–Crippen MR) is 99.9 cm³/mol. The minimum absolute atomic E-state index is 0.143. The maximum atomic E-state index is 13.5. The van der Waals surface area contributed by atoms with Crippen molar-refractivity contribution in [2.45, 2.75) is 27.3 Å². The minimum Gasteiger partial charge on any atom is -0.320 e. The molecule has 0 aliphatic rings. The van der Waals surface area contributed by atoms with Crippen molar-refractivity contribution in [3.05, 3.63) is 69.9 Å². The van der Waals surface area contributed by atoms with E-state index >= 15 is 0 Å². The zero-order valence-electron chi connectivity index (χ0n) is 14.9. The van der Waals surface area contributed by atoms with E-state index in [0.29, 0.717) is 23.0 Å². The van der Waals surface area contributed by atoms with Gasteiger partial charge in [-0.2, -0.15) is 5.10 Å². The number of fused-ring (bicyclic) bond motifs is 1. The summed E-state index contributed by atoms with van der Waals surface area (Å²) in [7, 11) is 0. The summed E-state index contributed by atoms with van der Waals surface area (Å²) < 4.78 is 14.8. The van der Waals surface area contributed by atoms with Gasteiger partial charge in [0.25, 0.3) is 11.5 Å². The Morgan fingerprint density at radius 2 is 1.88 bits per heavy atom. The van der Waals surface area contributed by atoms with Gasteiger partial charge in [0.1, 0.15) is 5.82 Å². The van der Waals surface area contributed by atoms with Gasteiger partial charge in [-0.05, 0) is 36.6 Å². The highest BCUT2D eigenvalue weighted by Crippen LogP contribution is 2.19. The summed E-state index contributed by atoms with van der Waals surface area (Å²) >= 11 is 0. The van der Waals surface area contributed by atoms with Crippen molar-refractivity contribution in [3.63, 3.8) is 0 Å². The smallest absolute Gasteiger partial charge is 0.276 e. The quantitative estimate of drug-likeness (QED) is 0.777. The highest BCUT2D eigenvalue weighted by atomic mass is 19.1. The summed E-state index contributed by atoms with van der Waals surface area (Å²) in [6.07, 6.45) is 0. The van der Waals surface area contributed by atoms with E-state index in [-0.39, 0.29) is 17.2 Å².